The zero-order chi connectivity index (χ0) is 10.7. The van der Waals surface area contributed by atoms with Crippen molar-refractivity contribution in [3.63, 3.8) is 0 Å². The molecule has 1 unspecified atom stereocenters. The van der Waals surface area contributed by atoms with Crippen LogP contribution in [0.5, 0.6) is 0 Å². The Balaban J connectivity index is 2.25. The SMILES string of the molecule is CC(C)c1ccncc1C1CCCNC1. The number of aromatic nitrogens is 1. The van der Waals surface area contributed by atoms with Gasteiger partial charge in [0, 0.05) is 18.9 Å². The Labute approximate surface area is 92.1 Å². The number of hydrogen-bond acceptors (Lipinski definition) is 2. The number of hydrogen-bond donors (Lipinski definition) is 1. The van der Waals surface area contributed by atoms with E-state index in [1.54, 1.807) is 0 Å². The molecule has 15 heavy (non-hydrogen) atoms. The molecular formula is C13H20N2. The van der Waals surface area contributed by atoms with Gasteiger partial charge in [0.15, 0.2) is 0 Å². The van der Waals surface area contributed by atoms with Crippen LogP contribution in [0.4, 0.5) is 0 Å². The van der Waals surface area contributed by atoms with Gasteiger partial charge < -0.3 is 5.32 Å². The maximum atomic E-state index is 4.28. The van der Waals surface area contributed by atoms with Crippen LogP contribution in [0.25, 0.3) is 0 Å². The van der Waals surface area contributed by atoms with Crippen LogP contribution in [0.2, 0.25) is 0 Å². The van der Waals surface area contributed by atoms with Crippen molar-refractivity contribution in [2.45, 2.75) is 38.5 Å². The van der Waals surface area contributed by atoms with E-state index in [0.717, 1.165) is 6.54 Å². The van der Waals surface area contributed by atoms with Gasteiger partial charge in [-0.05, 0) is 48.4 Å². The molecule has 2 rings (SSSR count). The van der Waals surface area contributed by atoms with Crippen LogP contribution >= 0.6 is 0 Å². The summed E-state index contributed by atoms with van der Waals surface area (Å²) in [6.07, 6.45) is 6.57. The molecule has 0 spiro atoms. The lowest BCUT2D eigenvalue weighted by Gasteiger charge is -2.25. The molecule has 2 heteroatoms. The molecule has 1 aromatic rings. The molecule has 2 nitrogen and oxygen atoms in total. The lowest BCUT2D eigenvalue weighted by molar-refractivity contribution is 0.457. The second-order valence-electron chi connectivity index (χ2n) is 4.70. The Morgan fingerprint density at radius 3 is 3.00 bits per heavy atom. The van der Waals surface area contributed by atoms with Crippen molar-refractivity contribution < 1.29 is 0 Å². The first-order valence-electron chi connectivity index (χ1n) is 5.93. The third kappa shape index (κ3) is 2.37. The highest BCUT2D eigenvalue weighted by atomic mass is 14.9. The highest BCUT2D eigenvalue weighted by molar-refractivity contribution is 5.30. The third-order valence-electron chi connectivity index (χ3n) is 3.25. The number of nitrogens with one attached hydrogen (secondary N) is 1. The molecule has 82 valence electrons. The van der Waals surface area contributed by atoms with Crippen LogP contribution in [0, 0.1) is 0 Å². The fourth-order valence-corrected chi connectivity index (χ4v) is 2.40. The summed E-state index contributed by atoms with van der Waals surface area (Å²) in [7, 11) is 0. The predicted octanol–water partition coefficient (Wildman–Crippen LogP) is 2.67. The van der Waals surface area contributed by atoms with E-state index < -0.39 is 0 Å². The van der Waals surface area contributed by atoms with Crippen LogP contribution in [0.15, 0.2) is 18.5 Å². The van der Waals surface area contributed by atoms with E-state index in [4.69, 9.17) is 0 Å². The Morgan fingerprint density at radius 2 is 2.33 bits per heavy atom. The monoisotopic (exact) mass is 204 g/mol. The van der Waals surface area contributed by atoms with Crippen LogP contribution in [0.1, 0.15) is 49.7 Å². The predicted molar refractivity (Wildman–Crippen MR) is 63.2 cm³/mol. The van der Waals surface area contributed by atoms with E-state index in [-0.39, 0.29) is 0 Å². The molecule has 0 aromatic carbocycles. The normalized spacial score (nSPS) is 21.9. The topological polar surface area (TPSA) is 24.9 Å². The molecule has 1 aliphatic rings. The van der Waals surface area contributed by atoms with Gasteiger partial charge in [0.25, 0.3) is 0 Å². The Hall–Kier alpha value is -0.890. The summed E-state index contributed by atoms with van der Waals surface area (Å²) in [6, 6.07) is 2.18. The molecule has 1 fully saturated rings. The molecule has 0 aliphatic carbocycles. The van der Waals surface area contributed by atoms with Crippen LogP contribution in [-0.2, 0) is 0 Å². The van der Waals surface area contributed by atoms with Crippen molar-refractivity contribution in [2.24, 2.45) is 0 Å². The van der Waals surface area contributed by atoms with Gasteiger partial charge in [-0.3, -0.25) is 4.98 Å². The minimum atomic E-state index is 0.602. The Morgan fingerprint density at radius 1 is 1.47 bits per heavy atom. The van der Waals surface area contributed by atoms with Gasteiger partial charge in [0.1, 0.15) is 0 Å². The largest absolute Gasteiger partial charge is 0.316 e. The molecule has 0 amide bonds. The molecule has 0 saturated carbocycles. The number of piperidine rings is 1. The standard InChI is InChI=1S/C13H20N2/c1-10(2)12-5-7-15-9-13(12)11-4-3-6-14-8-11/h5,7,9-11,14H,3-4,6,8H2,1-2H3. The fraction of sp³-hybridized carbons (Fsp3) is 0.615. The summed E-state index contributed by atoms with van der Waals surface area (Å²) in [6.45, 7) is 6.81. The molecule has 1 atom stereocenters. The number of rotatable bonds is 2. The van der Waals surface area contributed by atoms with Crippen LogP contribution in [0.3, 0.4) is 0 Å². The molecule has 0 radical (unpaired) electrons. The highest BCUT2D eigenvalue weighted by Crippen LogP contribution is 2.29. The fourth-order valence-electron chi connectivity index (χ4n) is 2.40. The van der Waals surface area contributed by atoms with E-state index >= 15 is 0 Å². The van der Waals surface area contributed by atoms with Gasteiger partial charge in [0.2, 0.25) is 0 Å². The first kappa shape index (κ1) is 10.6. The summed E-state index contributed by atoms with van der Waals surface area (Å²) < 4.78 is 0. The lowest BCUT2D eigenvalue weighted by Crippen LogP contribution is -2.29. The van der Waals surface area contributed by atoms with Gasteiger partial charge in [-0.25, -0.2) is 0 Å². The average molecular weight is 204 g/mol. The summed E-state index contributed by atoms with van der Waals surface area (Å²) in [4.78, 5) is 4.28. The zero-order valence-electron chi connectivity index (χ0n) is 9.66. The minimum absolute atomic E-state index is 0.602. The van der Waals surface area contributed by atoms with E-state index in [2.05, 4.69) is 36.4 Å². The Bertz CT molecular complexity index is 314. The molecule has 1 aromatic heterocycles. The smallest absolute Gasteiger partial charge is 0.0306 e. The molecule has 1 aliphatic heterocycles. The second-order valence-corrected chi connectivity index (χ2v) is 4.70. The van der Waals surface area contributed by atoms with Gasteiger partial charge in [-0.2, -0.15) is 0 Å². The highest BCUT2D eigenvalue weighted by Gasteiger charge is 2.19. The van der Waals surface area contributed by atoms with Crippen molar-refractivity contribution >= 4 is 0 Å². The Kier molecular flexibility index (Phi) is 3.37. The lowest BCUT2D eigenvalue weighted by atomic mass is 9.86. The number of nitrogens with zero attached hydrogens (tertiary/aromatic N) is 1. The van der Waals surface area contributed by atoms with Gasteiger partial charge in [-0.15, -0.1) is 0 Å². The minimum Gasteiger partial charge on any atom is -0.316 e. The number of pyridine rings is 1. The quantitative estimate of drug-likeness (QED) is 0.801. The third-order valence-corrected chi connectivity index (χ3v) is 3.25. The van der Waals surface area contributed by atoms with Gasteiger partial charge in [0.05, 0.1) is 0 Å². The summed E-state index contributed by atoms with van der Waals surface area (Å²) in [5.41, 5.74) is 2.93. The first-order valence-corrected chi connectivity index (χ1v) is 5.93. The second kappa shape index (κ2) is 4.75. The van der Waals surface area contributed by atoms with Crippen molar-refractivity contribution in [3.05, 3.63) is 29.6 Å². The van der Waals surface area contributed by atoms with Crippen LogP contribution < -0.4 is 5.32 Å². The van der Waals surface area contributed by atoms with E-state index in [0.29, 0.717) is 11.8 Å². The average Bonchev–Trinajstić information content (AvgIpc) is 2.30. The summed E-state index contributed by atoms with van der Waals surface area (Å²) in [5.74, 6) is 1.27. The van der Waals surface area contributed by atoms with Gasteiger partial charge in [-0.1, -0.05) is 13.8 Å². The van der Waals surface area contributed by atoms with Crippen LogP contribution in [-0.4, -0.2) is 18.1 Å². The van der Waals surface area contributed by atoms with E-state index in [1.807, 2.05) is 6.20 Å². The van der Waals surface area contributed by atoms with Crippen molar-refractivity contribution in [2.75, 3.05) is 13.1 Å². The van der Waals surface area contributed by atoms with Gasteiger partial charge >= 0.3 is 0 Å². The van der Waals surface area contributed by atoms with E-state index in [1.165, 1.54) is 30.5 Å². The first-order chi connectivity index (χ1) is 7.29. The van der Waals surface area contributed by atoms with Crippen molar-refractivity contribution in [1.29, 1.82) is 0 Å². The molecule has 2 heterocycles. The molecule has 0 bridgehead atoms. The molecule has 1 saturated heterocycles. The van der Waals surface area contributed by atoms with Crippen molar-refractivity contribution in [1.82, 2.24) is 10.3 Å². The molecular weight excluding hydrogens is 184 g/mol. The molecule has 1 N–H and O–H groups in total. The maximum absolute atomic E-state index is 4.28. The van der Waals surface area contributed by atoms with E-state index in [9.17, 15) is 0 Å². The summed E-state index contributed by atoms with van der Waals surface area (Å²) >= 11 is 0. The zero-order valence-corrected chi connectivity index (χ0v) is 9.66. The summed E-state index contributed by atoms with van der Waals surface area (Å²) in [5, 5.41) is 3.47. The maximum Gasteiger partial charge on any atom is 0.0306 e. The van der Waals surface area contributed by atoms with Crippen molar-refractivity contribution in [3.8, 4) is 0 Å².